The predicted molar refractivity (Wildman–Crippen MR) is 69.0 cm³/mol. The minimum Gasteiger partial charge on any atom is -0.469 e. The minimum atomic E-state index is -0.498. The molecule has 0 spiro atoms. The van der Waals surface area contributed by atoms with Crippen molar-refractivity contribution in [1.29, 1.82) is 5.26 Å². The van der Waals surface area contributed by atoms with E-state index in [9.17, 15) is 4.79 Å². The Morgan fingerprint density at radius 1 is 1.40 bits per heavy atom. The number of likely N-dealkylation sites (tertiary alicyclic amines) is 1. The fraction of sp³-hybridized carbons (Fsp3) is 0.538. The van der Waals surface area contributed by atoms with E-state index >= 15 is 0 Å². The zero-order chi connectivity index (χ0) is 14.8. The normalized spacial score (nSPS) is 15.2. The fourth-order valence-electron chi connectivity index (χ4n) is 1.59. The van der Waals surface area contributed by atoms with Crippen LogP contribution >= 0.6 is 0 Å². The average molecular weight is 276 g/mol. The average Bonchev–Trinajstić information content (AvgIpc) is 2.31. The number of nitrogens with zero attached hydrogens (tertiary/aromatic N) is 4. The van der Waals surface area contributed by atoms with Crippen LogP contribution in [0.2, 0.25) is 0 Å². The molecule has 106 valence electrons. The standard InChI is InChI=1S/C13H16N4O3/c1-13(2,3)20-12(18)17-7-10(8-17)19-11-6-15-9(4-14)5-16-11/h5-6,10H,7-8H2,1-3H3. The maximum absolute atomic E-state index is 11.7. The molecule has 1 aliphatic heterocycles. The van der Waals surface area contributed by atoms with Crippen molar-refractivity contribution >= 4 is 6.09 Å². The third-order valence-electron chi connectivity index (χ3n) is 2.53. The number of ether oxygens (including phenoxy) is 2. The Morgan fingerprint density at radius 3 is 2.60 bits per heavy atom. The van der Waals surface area contributed by atoms with E-state index in [1.807, 2.05) is 26.8 Å². The van der Waals surface area contributed by atoms with Gasteiger partial charge >= 0.3 is 6.09 Å². The van der Waals surface area contributed by atoms with Crippen LogP contribution in [-0.4, -0.2) is 45.8 Å². The SMILES string of the molecule is CC(C)(C)OC(=O)N1CC(Oc2cnc(C#N)cn2)C1. The van der Waals surface area contributed by atoms with Gasteiger partial charge in [-0.15, -0.1) is 0 Å². The molecular weight excluding hydrogens is 260 g/mol. The molecule has 2 rings (SSSR count). The molecule has 0 atom stereocenters. The first-order valence-corrected chi connectivity index (χ1v) is 6.24. The Bertz CT molecular complexity index is 524. The summed E-state index contributed by atoms with van der Waals surface area (Å²) in [4.78, 5) is 21.1. The van der Waals surface area contributed by atoms with Crippen LogP contribution in [0.3, 0.4) is 0 Å². The molecule has 1 saturated heterocycles. The lowest BCUT2D eigenvalue weighted by atomic mass is 10.2. The Hall–Kier alpha value is -2.36. The molecule has 0 radical (unpaired) electrons. The molecule has 7 nitrogen and oxygen atoms in total. The molecule has 7 heteroatoms. The van der Waals surface area contributed by atoms with E-state index in [0.29, 0.717) is 19.0 Å². The lowest BCUT2D eigenvalue weighted by molar-refractivity contribution is -0.0233. The highest BCUT2D eigenvalue weighted by Crippen LogP contribution is 2.18. The number of amides is 1. The number of carbonyl (C=O) groups is 1. The molecule has 1 aromatic heterocycles. The van der Waals surface area contributed by atoms with Crippen LogP contribution in [-0.2, 0) is 4.74 Å². The molecule has 0 aromatic carbocycles. The topological polar surface area (TPSA) is 88.3 Å². The lowest BCUT2D eigenvalue weighted by Crippen LogP contribution is -2.57. The van der Waals surface area contributed by atoms with Gasteiger partial charge in [-0.05, 0) is 20.8 Å². The second kappa shape index (κ2) is 5.33. The maximum atomic E-state index is 11.7. The highest BCUT2D eigenvalue weighted by atomic mass is 16.6. The summed E-state index contributed by atoms with van der Waals surface area (Å²) in [6.45, 7) is 6.38. The smallest absolute Gasteiger partial charge is 0.410 e. The molecule has 1 aliphatic rings. The number of nitriles is 1. The first kappa shape index (κ1) is 14.1. The number of hydrogen-bond donors (Lipinski definition) is 0. The number of carbonyl (C=O) groups excluding carboxylic acids is 1. The first-order chi connectivity index (χ1) is 9.37. The van der Waals surface area contributed by atoms with Crippen LogP contribution in [0.25, 0.3) is 0 Å². The molecule has 1 fully saturated rings. The van der Waals surface area contributed by atoms with E-state index in [4.69, 9.17) is 14.7 Å². The quantitative estimate of drug-likeness (QED) is 0.810. The molecule has 1 aromatic rings. The molecule has 0 bridgehead atoms. The third-order valence-corrected chi connectivity index (χ3v) is 2.53. The second-order valence-corrected chi connectivity index (χ2v) is 5.48. The fourth-order valence-corrected chi connectivity index (χ4v) is 1.59. The van der Waals surface area contributed by atoms with Gasteiger partial charge in [0.05, 0.1) is 25.5 Å². The van der Waals surface area contributed by atoms with Gasteiger partial charge in [0.1, 0.15) is 17.8 Å². The van der Waals surface area contributed by atoms with Crippen LogP contribution in [0.5, 0.6) is 5.88 Å². The van der Waals surface area contributed by atoms with E-state index in [-0.39, 0.29) is 17.9 Å². The third kappa shape index (κ3) is 3.57. The largest absolute Gasteiger partial charge is 0.469 e. The first-order valence-electron chi connectivity index (χ1n) is 6.24. The number of rotatable bonds is 2. The van der Waals surface area contributed by atoms with Gasteiger partial charge in [-0.1, -0.05) is 0 Å². The highest BCUT2D eigenvalue weighted by molar-refractivity contribution is 5.69. The second-order valence-electron chi connectivity index (χ2n) is 5.48. The Balaban J connectivity index is 1.79. The molecule has 2 heterocycles. The van der Waals surface area contributed by atoms with Crippen molar-refractivity contribution in [3.8, 4) is 11.9 Å². The van der Waals surface area contributed by atoms with Crippen LogP contribution in [0.4, 0.5) is 4.79 Å². The van der Waals surface area contributed by atoms with Gasteiger partial charge in [-0.2, -0.15) is 5.26 Å². The van der Waals surface area contributed by atoms with Crippen molar-refractivity contribution in [3.63, 3.8) is 0 Å². The van der Waals surface area contributed by atoms with Crippen molar-refractivity contribution in [1.82, 2.24) is 14.9 Å². The van der Waals surface area contributed by atoms with E-state index in [0.717, 1.165) is 0 Å². The summed E-state index contributed by atoms with van der Waals surface area (Å²) in [7, 11) is 0. The van der Waals surface area contributed by atoms with Gasteiger partial charge < -0.3 is 14.4 Å². The Labute approximate surface area is 117 Å². The summed E-state index contributed by atoms with van der Waals surface area (Å²) >= 11 is 0. The van der Waals surface area contributed by atoms with Gasteiger partial charge in [0.25, 0.3) is 0 Å². The zero-order valence-corrected chi connectivity index (χ0v) is 11.7. The van der Waals surface area contributed by atoms with Crippen LogP contribution in [0, 0.1) is 11.3 Å². The van der Waals surface area contributed by atoms with E-state index < -0.39 is 5.60 Å². The molecule has 0 saturated carbocycles. The van der Waals surface area contributed by atoms with E-state index in [2.05, 4.69) is 9.97 Å². The molecule has 0 aliphatic carbocycles. The van der Waals surface area contributed by atoms with E-state index in [1.165, 1.54) is 12.4 Å². The van der Waals surface area contributed by atoms with Gasteiger partial charge in [-0.25, -0.2) is 14.8 Å². The van der Waals surface area contributed by atoms with Gasteiger partial charge in [-0.3, -0.25) is 0 Å². The van der Waals surface area contributed by atoms with Crippen molar-refractivity contribution in [3.05, 3.63) is 18.1 Å². The van der Waals surface area contributed by atoms with Crippen LogP contribution in [0.15, 0.2) is 12.4 Å². The maximum Gasteiger partial charge on any atom is 0.410 e. The Morgan fingerprint density at radius 2 is 2.10 bits per heavy atom. The lowest BCUT2D eigenvalue weighted by Gasteiger charge is -2.39. The molecular formula is C13H16N4O3. The van der Waals surface area contributed by atoms with Crippen molar-refractivity contribution in [2.75, 3.05) is 13.1 Å². The molecule has 20 heavy (non-hydrogen) atoms. The summed E-state index contributed by atoms with van der Waals surface area (Å²) in [5.41, 5.74) is -0.261. The van der Waals surface area contributed by atoms with Crippen molar-refractivity contribution in [2.45, 2.75) is 32.5 Å². The monoisotopic (exact) mass is 276 g/mol. The minimum absolute atomic E-state index is 0.121. The van der Waals surface area contributed by atoms with Crippen LogP contribution in [0.1, 0.15) is 26.5 Å². The van der Waals surface area contributed by atoms with Crippen molar-refractivity contribution in [2.24, 2.45) is 0 Å². The molecule has 0 N–H and O–H groups in total. The summed E-state index contributed by atoms with van der Waals surface area (Å²) in [5, 5.41) is 8.60. The summed E-state index contributed by atoms with van der Waals surface area (Å²) in [5.74, 6) is 0.345. The highest BCUT2D eigenvalue weighted by Gasteiger charge is 2.35. The Kier molecular flexibility index (Phi) is 3.74. The molecule has 0 unspecified atom stereocenters. The number of hydrogen-bond acceptors (Lipinski definition) is 6. The van der Waals surface area contributed by atoms with Gasteiger partial charge in [0.2, 0.25) is 5.88 Å². The summed E-state index contributed by atoms with van der Waals surface area (Å²) in [6.07, 6.45) is 2.28. The summed E-state index contributed by atoms with van der Waals surface area (Å²) < 4.78 is 10.8. The van der Waals surface area contributed by atoms with E-state index in [1.54, 1.807) is 4.90 Å². The summed E-state index contributed by atoms with van der Waals surface area (Å²) in [6, 6.07) is 1.88. The molecule has 1 amide bonds. The number of aromatic nitrogens is 2. The van der Waals surface area contributed by atoms with Crippen LogP contribution < -0.4 is 4.74 Å². The predicted octanol–water partition coefficient (Wildman–Crippen LogP) is 1.35. The van der Waals surface area contributed by atoms with Gasteiger partial charge in [0.15, 0.2) is 5.69 Å². The van der Waals surface area contributed by atoms with Crippen molar-refractivity contribution < 1.29 is 14.3 Å². The zero-order valence-electron chi connectivity index (χ0n) is 11.7. The van der Waals surface area contributed by atoms with Gasteiger partial charge in [0, 0.05) is 0 Å².